The summed E-state index contributed by atoms with van der Waals surface area (Å²) in [4.78, 5) is 12.7. The first-order valence-corrected chi connectivity index (χ1v) is 6.66. The average Bonchev–Trinajstić information content (AvgIpc) is 2.46. The second-order valence-corrected chi connectivity index (χ2v) is 4.32. The summed E-state index contributed by atoms with van der Waals surface area (Å²) >= 11 is 0. The number of nitrogens with one attached hydrogen (secondary N) is 1. The van der Waals surface area contributed by atoms with Gasteiger partial charge in [-0.25, -0.2) is 0 Å². The van der Waals surface area contributed by atoms with Gasteiger partial charge in [-0.1, -0.05) is 13.0 Å². The summed E-state index contributed by atoms with van der Waals surface area (Å²) in [6.45, 7) is 7.67. The van der Waals surface area contributed by atoms with E-state index in [1.54, 1.807) is 12.1 Å². The largest absolute Gasteiger partial charge is 0.380 e. The molecule has 0 saturated carbocycles. The molecule has 1 aromatic rings. The Bertz CT molecular complexity index is 440. The molecular formula is C13H22N4O3. The van der Waals surface area contributed by atoms with Crippen LogP contribution in [-0.4, -0.2) is 36.1 Å². The number of ether oxygens (including phenoxy) is 1. The number of likely N-dealkylation sites (N-methyl/N-ethyl adjacent to an activating group) is 1. The van der Waals surface area contributed by atoms with E-state index in [0.29, 0.717) is 25.4 Å². The average molecular weight is 282 g/mol. The normalized spacial score (nSPS) is 10.8. The fraction of sp³-hybridized carbons (Fsp3) is 0.538. The molecule has 0 aliphatic carbocycles. The molecular weight excluding hydrogens is 260 g/mol. The zero-order valence-corrected chi connectivity index (χ0v) is 12.0. The molecule has 0 unspecified atom stereocenters. The van der Waals surface area contributed by atoms with Crippen LogP contribution in [0.25, 0.3) is 0 Å². The Morgan fingerprint density at radius 3 is 2.75 bits per heavy atom. The third kappa shape index (κ3) is 4.76. The van der Waals surface area contributed by atoms with Gasteiger partial charge in [0.15, 0.2) is 0 Å². The van der Waals surface area contributed by atoms with E-state index >= 15 is 0 Å². The molecule has 0 amide bonds. The second-order valence-electron chi connectivity index (χ2n) is 4.32. The third-order valence-electron chi connectivity index (χ3n) is 3.02. The molecule has 7 nitrogen and oxygen atoms in total. The lowest BCUT2D eigenvalue weighted by molar-refractivity contribution is -0.384. The Labute approximate surface area is 118 Å². The number of benzene rings is 1. The highest BCUT2D eigenvalue weighted by molar-refractivity contribution is 5.61. The SMILES string of the molecule is CCOCCN(CC)Cc1ccc(NN)c([N+](=O)[O-])c1. The number of rotatable bonds is 9. The Hall–Kier alpha value is -1.70. The van der Waals surface area contributed by atoms with Gasteiger partial charge in [0.1, 0.15) is 5.69 Å². The minimum atomic E-state index is -0.435. The van der Waals surface area contributed by atoms with Gasteiger partial charge in [0.05, 0.1) is 11.5 Å². The molecule has 1 aromatic carbocycles. The van der Waals surface area contributed by atoms with Gasteiger partial charge in [0.2, 0.25) is 0 Å². The van der Waals surface area contributed by atoms with Crippen LogP contribution in [0.3, 0.4) is 0 Å². The van der Waals surface area contributed by atoms with E-state index in [-0.39, 0.29) is 5.69 Å². The topological polar surface area (TPSA) is 93.7 Å². The highest BCUT2D eigenvalue weighted by Gasteiger charge is 2.14. The van der Waals surface area contributed by atoms with E-state index in [9.17, 15) is 10.1 Å². The standard InChI is InChI=1S/C13H22N4O3/c1-3-16(7-8-20-4-2)10-11-5-6-12(15-14)13(9-11)17(18)19/h5-6,9,15H,3-4,7-8,10,14H2,1-2H3. The summed E-state index contributed by atoms with van der Waals surface area (Å²) in [5, 5.41) is 11.0. The van der Waals surface area contributed by atoms with E-state index < -0.39 is 4.92 Å². The monoisotopic (exact) mass is 282 g/mol. The number of hydrogen-bond acceptors (Lipinski definition) is 6. The second kappa shape index (κ2) is 8.47. The van der Waals surface area contributed by atoms with Gasteiger partial charge in [-0.05, 0) is 25.1 Å². The van der Waals surface area contributed by atoms with Gasteiger partial charge in [0, 0.05) is 25.8 Å². The van der Waals surface area contributed by atoms with Crippen molar-refractivity contribution in [2.75, 3.05) is 31.7 Å². The molecule has 112 valence electrons. The van der Waals surface area contributed by atoms with Crippen molar-refractivity contribution in [3.63, 3.8) is 0 Å². The van der Waals surface area contributed by atoms with Crippen LogP contribution in [0.4, 0.5) is 11.4 Å². The van der Waals surface area contributed by atoms with Crippen LogP contribution >= 0.6 is 0 Å². The van der Waals surface area contributed by atoms with E-state index in [2.05, 4.69) is 17.2 Å². The molecule has 20 heavy (non-hydrogen) atoms. The molecule has 0 heterocycles. The highest BCUT2D eigenvalue weighted by Crippen LogP contribution is 2.25. The fourth-order valence-corrected chi connectivity index (χ4v) is 1.89. The van der Waals surface area contributed by atoms with Crippen molar-refractivity contribution in [1.29, 1.82) is 0 Å². The summed E-state index contributed by atoms with van der Waals surface area (Å²) in [6.07, 6.45) is 0. The van der Waals surface area contributed by atoms with Crippen molar-refractivity contribution in [1.82, 2.24) is 4.90 Å². The van der Waals surface area contributed by atoms with Crippen LogP contribution in [0.1, 0.15) is 19.4 Å². The summed E-state index contributed by atoms with van der Waals surface area (Å²) < 4.78 is 5.33. The molecule has 7 heteroatoms. The van der Waals surface area contributed by atoms with Crippen LogP contribution in [0.2, 0.25) is 0 Å². The number of anilines is 1. The Morgan fingerprint density at radius 2 is 2.20 bits per heavy atom. The van der Waals surface area contributed by atoms with E-state index in [1.165, 1.54) is 0 Å². The molecule has 3 N–H and O–H groups in total. The van der Waals surface area contributed by atoms with Gasteiger partial charge in [-0.2, -0.15) is 0 Å². The number of nitrogens with two attached hydrogens (primary N) is 1. The van der Waals surface area contributed by atoms with Crippen molar-refractivity contribution >= 4 is 11.4 Å². The Morgan fingerprint density at radius 1 is 1.45 bits per heavy atom. The summed E-state index contributed by atoms with van der Waals surface area (Å²) in [7, 11) is 0. The molecule has 1 rings (SSSR count). The van der Waals surface area contributed by atoms with E-state index in [4.69, 9.17) is 10.6 Å². The third-order valence-corrected chi connectivity index (χ3v) is 3.02. The fourth-order valence-electron chi connectivity index (χ4n) is 1.89. The Balaban J connectivity index is 2.75. The van der Waals surface area contributed by atoms with Crippen molar-refractivity contribution in [3.8, 4) is 0 Å². The quantitative estimate of drug-likeness (QED) is 0.310. The van der Waals surface area contributed by atoms with Crippen LogP contribution in [0, 0.1) is 10.1 Å². The van der Waals surface area contributed by atoms with Crippen molar-refractivity contribution < 1.29 is 9.66 Å². The zero-order chi connectivity index (χ0) is 15.0. The molecule has 0 aliphatic heterocycles. The number of nitro benzene ring substituents is 1. The smallest absolute Gasteiger partial charge is 0.293 e. The molecule has 0 bridgehead atoms. The van der Waals surface area contributed by atoms with Gasteiger partial charge < -0.3 is 10.2 Å². The first kappa shape index (κ1) is 16.4. The molecule has 0 radical (unpaired) electrons. The van der Waals surface area contributed by atoms with Gasteiger partial charge >= 0.3 is 0 Å². The van der Waals surface area contributed by atoms with Crippen LogP contribution < -0.4 is 11.3 Å². The van der Waals surface area contributed by atoms with Gasteiger partial charge in [0.25, 0.3) is 5.69 Å². The summed E-state index contributed by atoms with van der Waals surface area (Å²) in [5.41, 5.74) is 3.53. The zero-order valence-electron chi connectivity index (χ0n) is 12.0. The lowest BCUT2D eigenvalue weighted by Crippen LogP contribution is -2.27. The van der Waals surface area contributed by atoms with Crippen molar-refractivity contribution in [2.45, 2.75) is 20.4 Å². The molecule has 0 atom stereocenters. The number of nitrogens with zero attached hydrogens (tertiary/aromatic N) is 2. The van der Waals surface area contributed by atoms with E-state index in [0.717, 1.165) is 18.7 Å². The maximum absolute atomic E-state index is 11.0. The maximum Gasteiger partial charge on any atom is 0.293 e. The minimum Gasteiger partial charge on any atom is -0.380 e. The molecule has 0 saturated heterocycles. The summed E-state index contributed by atoms with van der Waals surface area (Å²) in [6, 6.07) is 5.02. The van der Waals surface area contributed by atoms with Crippen molar-refractivity contribution in [3.05, 3.63) is 33.9 Å². The number of hydrazine groups is 1. The highest BCUT2D eigenvalue weighted by atomic mass is 16.6. The summed E-state index contributed by atoms with van der Waals surface area (Å²) in [5.74, 6) is 5.27. The van der Waals surface area contributed by atoms with Crippen LogP contribution in [0.5, 0.6) is 0 Å². The number of nitrogen functional groups attached to an aromatic ring is 1. The first-order chi connectivity index (χ1) is 9.62. The van der Waals surface area contributed by atoms with E-state index in [1.807, 2.05) is 13.0 Å². The predicted molar refractivity (Wildman–Crippen MR) is 78.4 cm³/mol. The number of nitro groups is 1. The lowest BCUT2D eigenvalue weighted by Gasteiger charge is -2.20. The minimum absolute atomic E-state index is 0.00846. The van der Waals surface area contributed by atoms with Gasteiger partial charge in [-0.15, -0.1) is 0 Å². The van der Waals surface area contributed by atoms with Crippen LogP contribution in [-0.2, 0) is 11.3 Å². The lowest BCUT2D eigenvalue weighted by atomic mass is 10.1. The molecule has 0 aromatic heterocycles. The molecule has 0 fully saturated rings. The predicted octanol–water partition coefficient (Wildman–Crippen LogP) is 1.74. The molecule has 0 aliphatic rings. The van der Waals surface area contributed by atoms with Crippen LogP contribution in [0.15, 0.2) is 18.2 Å². The number of hydrogen-bond donors (Lipinski definition) is 2. The van der Waals surface area contributed by atoms with Crippen molar-refractivity contribution in [2.24, 2.45) is 5.84 Å². The Kier molecular flexibility index (Phi) is 6.92. The van der Waals surface area contributed by atoms with Gasteiger partial charge in [-0.3, -0.25) is 20.9 Å². The molecule has 0 spiro atoms. The maximum atomic E-state index is 11.0. The first-order valence-electron chi connectivity index (χ1n) is 6.66.